The molecule has 12 heteroatoms. The number of aliphatic hydroxyl groups is 1. The van der Waals surface area contributed by atoms with Crippen LogP contribution in [0.25, 0.3) is 0 Å². The molecule has 3 saturated heterocycles. The summed E-state index contributed by atoms with van der Waals surface area (Å²) in [6.07, 6.45) is 4.03. The first-order valence-corrected chi connectivity index (χ1v) is 20.4. The van der Waals surface area contributed by atoms with E-state index in [1.807, 2.05) is 75.4 Å². The highest BCUT2D eigenvalue weighted by Crippen LogP contribution is 2.44. The van der Waals surface area contributed by atoms with Crippen molar-refractivity contribution in [1.29, 1.82) is 0 Å². The number of likely N-dealkylation sites (tertiary alicyclic amines) is 1. The second-order valence-electron chi connectivity index (χ2n) is 17.1. The largest absolute Gasteiger partial charge is 0.445 e. The number of benzene rings is 3. The smallest absolute Gasteiger partial charge is 0.408 e. The third-order valence-corrected chi connectivity index (χ3v) is 11.9. The van der Waals surface area contributed by atoms with Crippen molar-refractivity contribution in [2.45, 2.75) is 128 Å². The lowest BCUT2D eigenvalue weighted by Gasteiger charge is -2.51. The fourth-order valence-electron chi connectivity index (χ4n) is 8.97. The molecule has 3 N–H and O–H groups in total. The van der Waals surface area contributed by atoms with Crippen molar-refractivity contribution in [3.8, 4) is 0 Å². The normalized spacial score (nSPS) is 28.1. The lowest BCUT2D eigenvalue weighted by Crippen LogP contribution is -2.61. The maximum Gasteiger partial charge on any atom is 0.408 e. The Hall–Kier alpha value is -4.62. The summed E-state index contributed by atoms with van der Waals surface area (Å²) < 4.78 is 18.9. The maximum atomic E-state index is 13.9. The number of carbonyl (C=O) groups excluding carboxylic acids is 4. The van der Waals surface area contributed by atoms with Gasteiger partial charge in [0.2, 0.25) is 11.8 Å². The molecule has 4 fully saturated rings. The van der Waals surface area contributed by atoms with E-state index in [9.17, 15) is 24.3 Å². The molecular weight excluding hydrogens is 725 g/mol. The van der Waals surface area contributed by atoms with E-state index in [2.05, 4.69) is 22.5 Å². The number of nitrogens with zero attached hydrogens (tertiary/aromatic N) is 2. The van der Waals surface area contributed by atoms with Crippen molar-refractivity contribution >= 4 is 29.5 Å². The molecule has 1 aliphatic carbocycles. The Bertz CT molecular complexity index is 1880. The molecule has 3 aliphatic heterocycles. The van der Waals surface area contributed by atoms with Gasteiger partial charge >= 0.3 is 6.09 Å². The fourth-order valence-corrected chi connectivity index (χ4v) is 8.97. The van der Waals surface area contributed by atoms with Gasteiger partial charge in [0, 0.05) is 29.6 Å². The molecule has 7 rings (SSSR count). The Morgan fingerprint density at radius 2 is 1.56 bits per heavy atom. The molecule has 0 spiro atoms. The Morgan fingerprint density at radius 3 is 2.26 bits per heavy atom. The SMILES string of the molecule is C[C@H]1[C@@H](CN2[C@@H](C(=O)NC(C)(C)C)CC[C@H]3CCCC[C@H]32)O[C@@H](c2ccc(N3C(=O)CC(NC(=O)OCc4ccccc4)C3=O)cc2)O[C@H]1c1ccc(CO)cc1. The minimum atomic E-state index is -1.04. The minimum Gasteiger partial charge on any atom is -0.445 e. The summed E-state index contributed by atoms with van der Waals surface area (Å²) in [6, 6.07) is 22.9. The second kappa shape index (κ2) is 17.5. The predicted molar refractivity (Wildman–Crippen MR) is 213 cm³/mol. The van der Waals surface area contributed by atoms with E-state index in [-0.39, 0.29) is 55.2 Å². The van der Waals surface area contributed by atoms with Gasteiger partial charge in [0.25, 0.3) is 5.91 Å². The molecule has 4 aliphatic rings. The van der Waals surface area contributed by atoms with E-state index in [1.165, 1.54) is 12.8 Å². The highest BCUT2D eigenvalue weighted by molar-refractivity contribution is 6.22. The zero-order valence-corrected chi connectivity index (χ0v) is 33.4. The molecule has 8 atom stereocenters. The molecule has 3 aromatic carbocycles. The van der Waals surface area contributed by atoms with Gasteiger partial charge in [0.15, 0.2) is 6.29 Å². The van der Waals surface area contributed by atoms with Crippen molar-refractivity contribution in [2.24, 2.45) is 11.8 Å². The van der Waals surface area contributed by atoms with Crippen LogP contribution in [0.5, 0.6) is 0 Å². The van der Waals surface area contributed by atoms with Crippen molar-refractivity contribution in [1.82, 2.24) is 15.5 Å². The third kappa shape index (κ3) is 9.41. The zero-order chi connectivity index (χ0) is 40.3. The topological polar surface area (TPSA) is 147 Å². The number of carbonyl (C=O) groups is 4. The third-order valence-electron chi connectivity index (χ3n) is 11.9. The lowest BCUT2D eigenvalue weighted by atomic mass is 9.75. The Balaban J connectivity index is 1.10. The highest BCUT2D eigenvalue weighted by Gasteiger charge is 2.46. The van der Waals surface area contributed by atoms with Crippen molar-refractivity contribution in [3.63, 3.8) is 0 Å². The van der Waals surface area contributed by atoms with Crippen LogP contribution in [-0.4, -0.2) is 70.1 Å². The maximum absolute atomic E-state index is 13.9. The summed E-state index contributed by atoms with van der Waals surface area (Å²) in [6.45, 7) is 8.72. The summed E-state index contributed by atoms with van der Waals surface area (Å²) in [4.78, 5) is 56.5. The van der Waals surface area contributed by atoms with Gasteiger partial charge in [-0.25, -0.2) is 9.69 Å². The van der Waals surface area contributed by atoms with Crippen molar-refractivity contribution in [2.75, 3.05) is 11.4 Å². The summed E-state index contributed by atoms with van der Waals surface area (Å²) in [5.74, 6) is -0.452. The summed E-state index contributed by atoms with van der Waals surface area (Å²) in [5, 5.41) is 15.5. The molecule has 1 unspecified atom stereocenters. The molecule has 304 valence electrons. The zero-order valence-electron chi connectivity index (χ0n) is 33.4. The van der Waals surface area contributed by atoms with Crippen LogP contribution in [0.4, 0.5) is 10.5 Å². The molecule has 4 amide bonds. The van der Waals surface area contributed by atoms with Gasteiger partial charge in [-0.3, -0.25) is 19.3 Å². The van der Waals surface area contributed by atoms with E-state index in [4.69, 9.17) is 14.2 Å². The van der Waals surface area contributed by atoms with Gasteiger partial charge in [0.05, 0.1) is 37.0 Å². The van der Waals surface area contributed by atoms with Crippen LogP contribution in [-0.2, 0) is 41.8 Å². The van der Waals surface area contributed by atoms with E-state index in [0.29, 0.717) is 29.8 Å². The first-order chi connectivity index (χ1) is 27.4. The summed E-state index contributed by atoms with van der Waals surface area (Å²) in [5.41, 5.74) is 3.30. The number of alkyl carbamates (subject to hydrolysis) is 1. The Labute approximate surface area is 335 Å². The van der Waals surface area contributed by atoms with Gasteiger partial charge in [-0.05, 0) is 81.2 Å². The van der Waals surface area contributed by atoms with Crippen LogP contribution in [0.2, 0.25) is 0 Å². The molecule has 0 aromatic heterocycles. The Kier molecular flexibility index (Phi) is 12.4. The van der Waals surface area contributed by atoms with Crippen LogP contribution >= 0.6 is 0 Å². The Morgan fingerprint density at radius 1 is 0.860 bits per heavy atom. The first kappa shape index (κ1) is 40.6. The van der Waals surface area contributed by atoms with E-state index < -0.39 is 30.2 Å². The number of ether oxygens (including phenoxy) is 3. The van der Waals surface area contributed by atoms with E-state index >= 15 is 0 Å². The quantitative estimate of drug-likeness (QED) is 0.197. The number of hydrogen-bond donors (Lipinski definition) is 3. The standard InChI is InChI=1S/C45H56N4O8/c1-28-38(25-48-36-13-9-8-12-31(36)20-23-37(48)41(52)47-45(2,3)4)56-43(57-40(28)32-16-14-29(26-50)15-17-32)33-18-21-34(22-19-33)49-39(51)24-35(42(49)53)46-44(54)55-27-30-10-6-5-7-11-30/h5-7,10-11,14-19,21-22,28,31,35-38,40,43,50H,8-9,12-13,20,23-27H2,1-4H3,(H,46,54)(H,47,52)/t28-,31+,35?,36+,37+,38+,40+,43+/m0/s1. The molecule has 57 heavy (non-hydrogen) atoms. The molecule has 1 saturated carbocycles. The number of hydrogen-bond acceptors (Lipinski definition) is 9. The molecule has 0 radical (unpaired) electrons. The first-order valence-electron chi connectivity index (χ1n) is 20.4. The van der Waals surface area contributed by atoms with E-state index in [0.717, 1.165) is 47.3 Å². The molecule has 3 aromatic rings. The summed E-state index contributed by atoms with van der Waals surface area (Å²) in [7, 11) is 0. The summed E-state index contributed by atoms with van der Waals surface area (Å²) >= 11 is 0. The van der Waals surface area contributed by atoms with E-state index in [1.54, 1.807) is 24.3 Å². The second-order valence-corrected chi connectivity index (χ2v) is 17.1. The molecule has 12 nitrogen and oxygen atoms in total. The molecule has 0 bridgehead atoms. The van der Waals surface area contributed by atoms with Crippen LogP contribution in [0.3, 0.4) is 0 Å². The van der Waals surface area contributed by atoms with Gasteiger partial charge in [-0.2, -0.15) is 0 Å². The van der Waals surface area contributed by atoms with Crippen LogP contribution in [0.1, 0.15) is 107 Å². The number of piperidine rings is 1. The monoisotopic (exact) mass is 780 g/mol. The van der Waals surface area contributed by atoms with Crippen LogP contribution < -0.4 is 15.5 Å². The number of nitrogens with one attached hydrogen (secondary N) is 2. The number of rotatable bonds is 10. The fraction of sp³-hybridized carbons (Fsp3) is 0.511. The van der Waals surface area contributed by atoms with Gasteiger partial charge in [-0.1, -0.05) is 86.5 Å². The number of imide groups is 1. The number of anilines is 1. The van der Waals surface area contributed by atoms with Crippen molar-refractivity contribution < 1.29 is 38.5 Å². The molecule has 3 heterocycles. The van der Waals surface area contributed by atoms with Crippen LogP contribution in [0.15, 0.2) is 78.9 Å². The highest BCUT2D eigenvalue weighted by atomic mass is 16.7. The lowest BCUT2D eigenvalue weighted by molar-refractivity contribution is -0.278. The number of fused-ring (bicyclic) bond motifs is 1. The number of aliphatic hydroxyl groups excluding tert-OH is 1. The van der Waals surface area contributed by atoms with Gasteiger partial charge < -0.3 is 30.0 Å². The predicted octanol–water partition coefficient (Wildman–Crippen LogP) is 6.47. The average Bonchev–Trinajstić information content (AvgIpc) is 3.48. The molecular formula is C45H56N4O8. The van der Waals surface area contributed by atoms with Gasteiger partial charge in [-0.15, -0.1) is 0 Å². The minimum absolute atomic E-state index is 0.0404. The average molecular weight is 781 g/mol. The van der Waals surface area contributed by atoms with Gasteiger partial charge in [0.1, 0.15) is 12.6 Å². The van der Waals surface area contributed by atoms with Crippen molar-refractivity contribution in [3.05, 3.63) is 101 Å². The van der Waals surface area contributed by atoms with Crippen LogP contribution in [0, 0.1) is 11.8 Å². The number of amides is 4.